The third-order valence-electron chi connectivity index (χ3n) is 5.31. The highest BCUT2D eigenvalue weighted by Crippen LogP contribution is 2.30. The molecule has 0 spiro atoms. The van der Waals surface area contributed by atoms with E-state index in [9.17, 15) is 4.79 Å². The Labute approximate surface area is 193 Å². The largest absolute Gasteiger partial charge is 0.493 e. The van der Waals surface area contributed by atoms with Crippen molar-refractivity contribution < 1.29 is 14.3 Å². The monoisotopic (exact) mass is 448 g/mol. The number of methoxy groups -OCH3 is 2. The van der Waals surface area contributed by atoms with Crippen LogP contribution in [0, 0.1) is 6.92 Å². The number of ether oxygens (including phenoxy) is 2. The fourth-order valence-corrected chi connectivity index (χ4v) is 3.72. The third kappa shape index (κ3) is 5.62. The molecule has 1 fully saturated rings. The molecule has 33 heavy (non-hydrogen) atoms. The summed E-state index contributed by atoms with van der Waals surface area (Å²) in [6.07, 6.45) is 2.39. The predicted molar refractivity (Wildman–Crippen MR) is 130 cm³/mol. The molecule has 3 N–H and O–H groups in total. The Hall–Kier alpha value is -4.01. The van der Waals surface area contributed by atoms with Crippen molar-refractivity contribution in [2.45, 2.75) is 19.8 Å². The zero-order valence-electron chi connectivity index (χ0n) is 19.0. The molecule has 9 heteroatoms. The van der Waals surface area contributed by atoms with Gasteiger partial charge in [-0.05, 0) is 56.2 Å². The molecular weight excluding hydrogens is 420 g/mol. The van der Waals surface area contributed by atoms with Gasteiger partial charge < -0.3 is 30.3 Å². The maximum atomic E-state index is 12.4. The van der Waals surface area contributed by atoms with Gasteiger partial charge in [0, 0.05) is 42.3 Å². The lowest BCUT2D eigenvalue weighted by Crippen LogP contribution is -2.20. The first-order valence-corrected chi connectivity index (χ1v) is 10.8. The van der Waals surface area contributed by atoms with Crippen molar-refractivity contribution in [2.24, 2.45) is 0 Å². The van der Waals surface area contributed by atoms with Crippen LogP contribution in [-0.4, -0.2) is 43.3 Å². The van der Waals surface area contributed by atoms with Crippen LogP contribution in [0.1, 0.15) is 18.7 Å². The Morgan fingerprint density at radius 1 is 0.848 bits per heavy atom. The molecule has 0 atom stereocenters. The standard InChI is InChI=1S/C24H28N6O3/c1-16-25-22(15-23(26-16)30-12-4-5-13-30)27-17-6-8-18(9-7-17)28-24(31)29-19-10-11-20(32-2)21(14-19)33-3/h6-11,14-15H,4-5,12-13H2,1-3H3,(H,25,26,27)(H2,28,29,31). The number of benzene rings is 2. The van der Waals surface area contributed by atoms with Crippen molar-refractivity contribution in [1.82, 2.24) is 9.97 Å². The summed E-state index contributed by atoms with van der Waals surface area (Å²) in [5.41, 5.74) is 2.12. The Bertz CT molecular complexity index is 1110. The first-order valence-electron chi connectivity index (χ1n) is 10.8. The number of hydrogen-bond acceptors (Lipinski definition) is 7. The third-order valence-corrected chi connectivity index (χ3v) is 5.31. The van der Waals surface area contributed by atoms with Crippen LogP contribution in [0.2, 0.25) is 0 Å². The zero-order valence-corrected chi connectivity index (χ0v) is 19.0. The summed E-state index contributed by atoms with van der Waals surface area (Å²) in [5, 5.41) is 8.93. The maximum Gasteiger partial charge on any atom is 0.323 e. The van der Waals surface area contributed by atoms with E-state index in [1.807, 2.05) is 37.3 Å². The topological polar surface area (TPSA) is 101 Å². The summed E-state index contributed by atoms with van der Waals surface area (Å²) in [4.78, 5) is 23.7. The van der Waals surface area contributed by atoms with Gasteiger partial charge in [0.05, 0.1) is 14.2 Å². The summed E-state index contributed by atoms with van der Waals surface area (Å²) < 4.78 is 10.5. The van der Waals surface area contributed by atoms with Crippen molar-refractivity contribution in [3.05, 3.63) is 54.4 Å². The van der Waals surface area contributed by atoms with Gasteiger partial charge >= 0.3 is 6.03 Å². The first-order chi connectivity index (χ1) is 16.0. The molecule has 0 radical (unpaired) electrons. The normalized spacial score (nSPS) is 12.9. The number of aryl methyl sites for hydroxylation is 1. The molecule has 9 nitrogen and oxygen atoms in total. The first kappa shape index (κ1) is 22.2. The van der Waals surface area contributed by atoms with Crippen molar-refractivity contribution in [3.8, 4) is 11.5 Å². The predicted octanol–water partition coefficient (Wildman–Crippen LogP) is 4.79. The number of amides is 2. The number of anilines is 5. The number of nitrogens with zero attached hydrogens (tertiary/aromatic N) is 3. The molecule has 172 valence electrons. The molecule has 1 aliphatic rings. The van der Waals surface area contributed by atoms with E-state index in [1.54, 1.807) is 32.4 Å². The molecule has 0 saturated carbocycles. The molecular formula is C24H28N6O3. The minimum Gasteiger partial charge on any atom is -0.493 e. The number of rotatable bonds is 7. The molecule has 2 heterocycles. The summed E-state index contributed by atoms with van der Waals surface area (Å²) in [6, 6.07) is 14.2. The molecule has 1 aromatic heterocycles. The average molecular weight is 449 g/mol. The number of urea groups is 1. The molecule has 4 rings (SSSR count). The van der Waals surface area contributed by atoms with Gasteiger partial charge in [0.15, 0.2) is 11.5 Å². The van der Waals surface area contributed by atoms with Gasteiger partial charge in [-0.25, -0.2) is 14.8 Å². The van der Waals surface area contributed by atoms with E-state index >= 15 is 0 Å². The molecule has 2 amide bonds. The van der Waals surface area contributed by atoms with Crippen molar-refractivity contribution in [2.75, 3.05) is 48.2 Å². The molecule has 2 aromatic carbocycles. The van der Waals surface area contributed by atoms with Gasteiger partial charge in [-0.3, -0.25) is 0 Å². The Kier molecular flexibility index (Phi) is 6.77. The Morgan fingerprint density at radius 2 is 1.48 bits per heavy atom. The van der Waals surface area contributed by atoms with Crippen LogP contribution >= 0.6 is 0 Å². The van der Waals surface area contributed by atoms with Crippen molar-refractivity contribution in [1.29, 1.82) is 0 Å². The van der Waals surface area contributed by atoms with Crippen LogP contribution < -0.4 is 30.3 Å². The minimum absolute atomic E-state index is 0.357. The SMILES string of the molecule is COc1ccc(NC(=O)Nc2ccc(Nc3cc(N4CCCC4)nc(C)n3)cc2)cc1OC. The van der Waals surface area contributed by atoms with E-state index in [1.165, 1.54) is 12.8 Å². The quantitative estimate of drug-likeness (QED) is 0.478. The van der Waals surface area contributed by atoms with E-state index in [0.717, 1.165) is 36.2 Å². The lowest BCUT2D eigenvalue weighted by Gasteiger charge is -2.18. The molecule has 0 unspecified atom stereocenters. The van der Waals surface area contributed by atoms with E-state index in [2.05, 4.69) is 30.8 Å². The summed E-state index contributed by atoms with van der Waals surface area (Å²) >= 11 is 0. The number of carbonyl (C=O) groups is 1. The molecule has 0 bridgehead atoms. The smallest absolute Gasteiger partial charge is 0.323 e. The van der Waals surface area contributed by atoms with Gasteiger partial charge in [-0.1, -0.05) is 0 Å². The lowest BCUT2D eigenvalue weighted by atomic mass is 10.2. The molecule has 3 aromatic rings. The second kappa shape index (κ2) is 10.1. The fourth-order valence-electron chi connectivity index (χ4n) is 3.72. The Balaban J connectivity index is 1.37. The molecule has 1 aliphatic heterocycles. The zero-order chi connectivity index (χ0) is 23.2. The average Bonchev–Trinajstić information content (AvgIpc) is 3.35. The lowest BCUT2D eigenvalue weighted by molar-refractivity contribution is 0.262. The van der Waals surface area contributed by atoms with Gasteiger partial charge in [-0.2, -0.15) is 0 Å². The van der Waals surface area contributed by atoms with Crippen molar-refractivity contribution >= 4 is 34.7 Å². The number of carbonyl (C=O) groups excluding carboxylic acids is 1. The fraction of sp³-hybridized carbons (Fsp3) is 0.292. The van der Waals surface area contributed by atoms with E-state index in [-0.39, 0.29) is 6.03 Å². The number of aromatic nitrogens is 2. The van der Waals surface area contributed by atoms with Crippen LogP contribution in [0.3, 0.4) is 0 Å². The van der Waals surface area contributed by atoms with Crippen LogP contribution in [-0.2, 0) is 0 Å². The van der Waals surface area contributed by atoms with Gasteiger partial charge in [-0.15, -0.1) is 0 Å². The van der Waals surface area contributed by atoms with Gasteiger partial charge in [0.25, 0.3) is 0 Å². The molecule has 0 aliphatic carbocycles. The van der Waals surface area contributed by atoms with Gasteiger partial charge in [0.1, 0.15) is 17.5 Å². The van der Waals surface area contributed by atoms with Crippen LogP contribution in [0.15, 0.2) is 48.5 Å². The highest BCUT2D eigenvalue weighted by atomic mass is 16.5. The van der Waals surface area contributed by atoms with Crippen LogP contribution in [0.5, 0.6) is 11.5 Å². The highest BCUT2D eigenvalue weighted by molar-refractivity contribution is 6.00. The summed E-state index contributed by atoms with van der Waals surface area (Å²) in [5.74, 6) is 3.56. The number of nitrogens with one attached hydrogen (secondary N) is 3. The Morgan fingerprint density at radius 3 is 2.18 bits per heavy atom. The second-order valence-electron chi connectivity index (χ2n) is 7.70. The van der Waals surface area contributed by atoms with E-state index in [0.29, 0.717) is 22.9 Å². The summed E-state index contributed by atoms with van der Waals surface area (Å²) in [7, 11) is 3.11. The van der Waals surface area contributed by atoms with Crippen molar-refractivity contribution in [3.63, 3.8) is 0 Å². The number of hydrogen-bond donors (Lipinski definition) is 3. The maximum absolute atomic E-state index is 12.4. The van der Waals surface area contributed by atoms with E-state index < -0.39 is 0 Å². The second-order valence-corrected chi connectivity index (χ2v) is 7.70. The van der Waals surface area contributed by atoms with E-state index in [4.69, 9.17) is 9.47 Å². The summed E-state index contributed by atoms with van der Waals surface area (Å²) in [6.45, 7) is 3.96. The molecule has 1 saturated heterocycles. The van der Waals surface area contributed by atoms with Crippen LogP contribution in [0.25, 0.3) is 0 Å². The van der Waals surface area contributed by atoms with Crippen LogP contribution in [0.4, 0.5) is 33.5 Å². The minimum atomic E-state index is -0.357. The van der Waals surface area contributed by atoms with Gasteiger partial charge in [0.2, 0.25) is 0 Å². The highest BCUT2D eigenvalue weighted by Gasteiger charge is 2.15.